The van der Waals surface area contributed by atoms with Crippen molar-refractivity contribution in [3.63, 3.8) is 0 Å². The zero-order valence-electron chi connectivity index (χ0n) is 9.35. The van der Waals surface area contributed by atoms with Gasteiger partial charge in [-0.3, -0.25) is 14.9 Å². The quantitative estimate of drug-likeness (QED) is 0.515. The third-order valence-electron chi connectivity index (χ3n) is 2.28. The number of hydrogen-bond donors (Lipinski definition) is 1. The van der Waals surface area contributed by atoms with E-state index in [4.69, 9.17) is 0 Å². The van der Waals surface area contributed by atoms with Gasteiger partial charge in [0, 0.05) is 18.2 Å². The van der Waals surface area contributed by atoms with E-state index in [1.807, 2.05) is 6.92 Å². The van der Waals surface area contributed by atoms with Crippen LogP contribution in [0, 0.1) is 10.1 Å². The van der Waals surface area contributed by atoms with Crippen LogP contribution in [0.4, 0.5) is 5.69 Å². The standard InChI is InChI=1S/C11H13BrN2O3/c1-2-9(12)11(15)13-7-8-5-3-4-6-10(8)14(16)17/h3-6,9H,2,7H2,1H3,(H,13,15). The topological polar surface area (TPSA) is 72.2 Å². The fourth-order valence-corrected chi connectivity index (χ4v) is 1.48. The van der Waals surface area contributed by atoms with E-state index in [1.165, 1.54) is 6.07 Å². The summed E-state index contributed by atoms with van der Waals surface area (Å²) in [5, 5.41) is 13.4. The number of hydrogen-bond acceptors (Lipinski definition) is 3. The predicted octanol–water partition coefficient (Wildman–Crippen LogP) is 2.38. The van der Waals surface area contributed by atoms with Crippen LogP contribution in [0.2, 0.25) is 0 Å². The molecule has 0 spiro atoms. The van der Waals surface area contributed by atoms with Gasteiger partial charge in [0.05, 0.1) is 9.75 Å². The van der Waals surface area contributed by atoms with Crippen LogP contribution in [-0.2, 0) is 11.3 Å². The van der Waals surface area contributed by atoms with Gasteiger partial charge in [-0.1, -0.05) is 41.1 Å². The highest BCUT2D eigenvalue weighted by Crippen LogP contribution is 2.17. The maximum Gasteiger partial charge on any atom is 0.274 e. The molecule has 0 aliphatic rings. The molecule has 0 saturated carbocycles. The third-order valence-corrected chi connectivity index (χ3v) is 3.35. The molecule has 5 nitrogen and oxygen atoms in total. The van der Waals surface area contributed by atoms with Crippen LogP contribution in [0.25, 0.3) is 0 Å². The Morgan fingerprint density at radius 2 is 2.18 bits per heavy atom. The zero-order valence-corrected chi connectivity index (χ0v) is 10.9. The first kappa shape index (κ1) is 13.6. The van der Waals surface area contributed by atoms with Gasteiger partial charge in [0.1, 0.15) is 0 Å². The average molecular weight is 301 g/mol. The summed E-state index contributed by atoms with van der Waals surface area (Å²) in [4.78, 5) is 21.5. The Bertz CT molecular complexity index is 423. The third kappa shape index (κ3) is 3.81. The van der Waals surface area contributed by atoms with Gasteiger partial charge in [-0.25, -0.2) is 0 Å². The minimum absolute atomic E-state index is 0.0235. The molecule has 0 saturated heterocycles. The number of carbonyl (C=O) groups is 1. The number of alkyl halides is 1. The molecular formula is C11H13BrN2O3. The lowest BCUT2D eigenvalue weighted by molar-refractivity contribution is -0.385. The Morgan fingerprint density at radius 1 is 1.53 bits per heavy atom. The number of nitro groups is 1. The molecule has 1 aromatic carbocycles. The molecule has 6 heteroatoms. The largest absolute Gasteiger partial charge is 0.351 e. The molecule has 1 atom stereocenters. The number of nitrogens with zero attached hydrogens (tertiary/aromatic N) is 1. The van der Waals surface area contributed by atoms with Gasteiger partial charge in [0.15, 0.2) is 0 Å². The molecule has 0 heterocycles. The molecule has 0 radical (unpaired) electrons. The van der Waals surface area contributed by atoms with Crippen molar-refractivity contribution in [3.8, 4) is 0 Å². The normalized spacial score (nSPS) is 11.9. The van der Waals surface area contributed by atoms with Crippen molar-refractivity contribution in [1.29, 1.82) is 0 Å². The number of para-hydroxylation sites is 1. The van der Waals surface area contributed by atoms with Crippen molar-refractivity contribution in [2.75, 3.05) is 0 Å². The summed E-state index contributed by atoms with van der Waals surface area (Å²) in [6.45, 7) is 2.04. The van der Waals surface area contributed by atoms with E-state index in [9.17, 15) is 14.9 Å². The lowest BCUT2D eigenvalue weighted by Crippen LogP contribution is -2.30. The highest BCUT2D eigenvalue weighted by atomic mass is 79.9. The fraction of sp³-hybridized carbons (Fsp3) is 0.364. The summed E-state index contributed by atoms with van der Waals surface area (Å²) in [7, 11) is 0. The molecule has 0 bridgehead atoms. The number of nitrogens with one attached hydrogen (secondary N) is 1. The van der Waals surface area contributed by atoms with E-state index >= 15 is 0 Å². The summed E-state index contributed by atoms with van der Waals surface area (Å²) < 4.78 is 0. The highest BCUT2D eigenvalue weighted by Gasteiger charge is 2.15. The molecular weight excluding hydrogens is 288 g/mol. The minimum atomic E-state index is -0.451. The van der Waals surface area contributed by atoms with E-state index in [-0.39, 0.29) is 23.0 Å². The maximum absolute atomic E-state index is 11.5. The number of amides is 1. The van der Waals surface area contributed by atoms with Gasteiger partial charge in [0.25, 0.3) is 5.69 Å². The number of benzene rings is 1. The molecule has 0 aromatic heterocycles. The Hall–Kier alpha value is -1.43. The molecule has 0 fully saturated rings. The van der Waals surface area contributed by atoms with E-state index in [1.54, 1.807) is 18.2 Å². The molecule has 1 unspecified atom stereocenters. The molecule has 1 aromatic rings. The second kappa shape index (κ2) is 6.34. The molecule has 92 valence electrons. The molecule has 1 amide bonds. The number of carbonyl (C=O) groups excluding carboxylic acids is 1. The van der Waals surface area contributed by atoms with Crippen LogP contribution in [0.15, 0.2) is 24.3 Å². The Balaban J connectivity index is 2.69. The van der Waals surface area contributed by atoms with Crippen LogP contribution < -0.4 is 5.32 Å². The van der Waals surface area contributed by atoms with Crippen molar-refractivity contribution in [1.82, 2.24) is 5.32 Å². The second-order valence-corrected chi connectivity index (χ2v) is 4.58. The van der Waals surface area contributed by atoms with Crippen molar-refractivity contribution in [2.24, 2.45) is 0 Å². The average Bonchev–Trinajstić information content (AvgIpc) is 2.35. The molecule has 17 heavy (non-hydrogen) atoms. The fourth-order valence-electron chi connectivity index (χ4n) is 1.32. The first-order chi connectivity index (χ1) is 8.06. The molecule has 0 aliphatic heterocycles. The van der Waals surface area contributed by atoms with Crippen molar-refractivity contribution >= 4 is 27.5 Å². The van der Waals surface area contributed by atoms with Gasteiger partial charge in [0.2, 0.25) is 5.91 Å². The summed E-state index contributed by atoms with van der Waals surface area (Å²) in [5.74, 6) is -0.161. The number of halogens is 1. The number of rotatable bonds is 5. The van der Waals surface area contributed by atoms with Gasteiger partial charge in [-0.2, -0.15) is 0 Å². The summed E-state index contributed by atoms with van der Waals surface area (Å²) in [6, 6.07) is 6.36. The second-order valence-electron chi connectivity index (χ2n) is 3.48. The van der Waals surface area contributed by atoms with Crippen LogP contribution >= 0.6 is 15.9 Å². The monoisotopic (exact) mass is 300 g/mol. The lowest BCUT2D eigenvalue weighted by atomic mass is 10.2. The lowest BCUT2D eigenvalue weighted by Gasteiger charge is -2.08. The first-order valence-electron chi connectivity index (χ1n) is 5.20. The van der Waals surface area contributed by atoms with E-state index < -0.39 is 4.92 Å². The SMILES string of the molecule is CCC(Br)C(=O)NCc1ccccc1[N+](=O)[O-]. The maximum atomic E-state index is 11.5. The van der Waals surface area contributed by atoms with Crippen LogP contribution in [0.3, 0.4) is 0 Å². The molecule has 1 rings (SSSR count). The van der Waals surface area contributed by atoms with E-state index in [0.717, 1.165) is 0 Å². The van der Waals surface area contributed by atoms with E-state index in [0.29, 0.717) is 12.0 Å². The van der Waals surface area contributed by atoms with Crippen LogP contribution in [0.1, 0.15) is 18.9 Å². The molecule has 0 aliphatic carbocycles. The van der Waals surface area contributed by atoms with Gasteiger partial charge >= 0.3 is 0 Å². The predicted molar refractivity (Wildman–Crippen MR) is 67.9 cm³/mol. The van der Waals surface area contributed by atoms with Gasteiger partial charge in [-0.05, 0) is 6.42 Å². The van der Waals surface area contributed by atoms with Gasteiger partial charge < -0.3 is 5.32 Å². The van der Waals surface area contributed by atoms with Crippen molar-refractivity contribution in [2.45, 2.75) is 24.7 Å². The van der Waals surface area contributed by atoms with Crippen LogP contribution in [-0.4, -0.2) is 15.7 Å². The smallest absolute Gasteiger partial charge is 0.274 e. The molecule has 1 N–H and O–H groups in total. The minimum Gasteiger partial charge on any atom is -0.351 e. The zero-order chi connectivity index (χ0) is 12.8. The summed E-state index contributed by atoms with van der Waals surface area (Å²) in [5.41, 5.74) is 0.525. The van der Waals surface area contributed by atoms with Crippen molar-refractivity contribution < 1.29 is 9.72 Å². The summed E-state index contributed by atoms with van der Waals surface area (Å²) >= 11 is 3.22. The Kier molecular flexibility index (Phi) is 5.09. The highest BCUT2D eigenvalue weighted by molar-refractivity contribution is 9.10. The van der Waals surface area contributed by atoms with Gasteiger partial charge in [-0.15, -0.1) is 0 Å². The van der Waals surface area contributed by atoms with Crippen molar-refractivity contribution in [3.05, 3.63) is 39.9 Å². The number of nitro benzene ring substituents is 1. The van der Waals surface area contributed by atoms with E-state index in [2.05, 4.69) is 21.2 Å². The van der Waals surface area contributed by atoms with Crippen LogP contribution in [0.5, 0.6) is 0 Å². The summed E-state index contributed by atoms with van der Waals surface area (Å²) in [6.07, 6.45) is 0.669. The first-order valence-corrected chi connectivity index (χ1v) is 6.12. The Morgan fingerprint density at radius 3 is 2.76 bits per heavy atom. The Labute approximate surface area is 107 Å².